The van der Waals surface area contributed by atoms with Crippen LogP contribution in [0.2, 0.25) is 0 Å². The zero-order chi connectivity index (χ0) is 33.0. The molecule has 0 amide bonds. The van der Waals surface area contributed by atoms with Crippen molar-refractivity contribution in [2.45, 2.75) is 0 Å². The maximum atomic E-state index is 2.43. The Morgan fingerprint density at radius 3 is 1.80 bits per heavy atom. The Labute approximate surface area is 294 Å². The highest BCUT2D eigenvalue weighted by atomic mass is 32.1. The van der Waals surface area contributed by atoms with Crippen molar-refractivity contribution in [2.24, 2.45) is 0 Å². The van der Waals surface area contributed by atoms with Crippen molar-refractivity contribution in [1.82, 2.24) is 0 Å². The van der Waals surface area contributed by atoms with E-state index in [2.05, 4.69) is 193 Å². The molecule has 2 heteroatoms. The molecular weight excluding hydrogens is 623 g/mol. The van der Waals surface area contributed by atoms with E-state index in [9.17, 15) is 0 Å². The van der Waals surface area contributed by atoms with Gasteiger partial charge in [-0.05, 0) is 97.5 Å². The Morgan fingerprint density at radius 2 is 0.940 bits per heavy atom. The molecule has 1 heterocycles. The van der Waals surface area contributed by atoms with Gasteiger partial charge in [0.15, 0.2) is 0 Å². The van der Waals surface area contributed by atoms with E-state index in [1.807, 2.05) is 11.3 Å². The minimum absolute atomic E-state index is 1.12. The van der Waals surface area contributed by atoms with Gasteiger partial charge in [0.2, 0.25) is 0 Å². The predicted octanol–water partition coefficient (Wildman–Crippen LogP) is 14.3. The van der Waals surface area contributed by atoms with Gasteiger partial charge in [0.1, 0.15) is 0 Å². The van der Waals surface area contributed by atoms with Gasteiger partial charge in [-0.2, -0.15) is 0 Å². The third-order valence-corrected chi connectivity index (χ3v) is 11.2. The zero-order valence-corrected chi connectivity index (χ0v) is 28.1. The fraction of sp³-hybridized carbons (Fsp3) is 0. The molecule has 9 aromatic carbocycles. The van der Waals surface area contributed by atoms with E-state index in [-0.39, 0.29) is 0 Å². The van der Waals surface area contributed by atoms with Gasteiger partial charge in [0.05, 0.1) is 5.69 Å². The smallest absolute Gasteiger partial charge is 0.0540 e. The molecule has 234 valence electrons. The van der Waals surface area contributed by atoms with E-state index in [4.69, 9.17) is 0 Å². The average molecular weight is 654 g/mol. The summed E-state index contributed by atoms with van der Waals surface area (Å²) >= 11 is 1.86. The van der Waals surface area contributed by atoms with Crippen LogP contribution in [0.3, 0.4) is 0 Å². The number of hydrogen-bond donors (Lipinski definition) is 0. The van der Waals surface area contributed by atoms with Crippen molar-refractivity contribution in [2.75, 3.05) is 4.90 Å². The number of fused-ring (bicyclic) bond motifs is 7. The monoisotopic (exact) mass is 653 g/mol. The van der Waals surface area contributed by atoms with Crippen LogP contribution in [0.25, 0.3) is 74.7 Å². The number of anilines is 3. The van der Waals surface area contributed by atoms with Crippen LogP contribution >= 0.6 is 11.3 Å². The number of rotatable bonds is 5. The first-order valence-electron chi connectivity index (χ1n) is 17.1. The minimum Gasteiger partial charge on any atom is -0.310 e. The van der Waals surface area contributed by atoms with Crippen molar-refractivity contribution < 1.29 is 0 Å². The van der Waals surface area contributed by atoms with Crippen LogP contribution in [-0.4, -0.2) is 0 Å². The zero-order valence-electron chi connectivity index (χ0n) is 27.3. The third kappa shape index (κ3) is 4.76. The lowest BCUT2D eigenvalue weighted by atomic mass is 9.93. The summed E-state index contributed by atoms with van der Waals surface area (Å²) in [7, 11) is 0. The molecule has 0 aliphatic heterocycles. The molecule has 1 aromatic heterocycles. The maximum absolute atomic E-state index is 2.43. The first kappa shape index (κ1) is 28.8. The maximum Gasteiger partial charge on any atom is 0.0540 e. The van der Waals surface area contributed by atoms with Crippen molar-refractivity contribution in [3.05, 3.63) is 188 Å². The number of benzene rings is 9. The third-order valence-electron chi connectivity index (χ3n) is 10.0. The fourth-order valence-electron chi connectivity index (χ4n) is 7.63. The van der Waals surface area contributed by atoms with Gasteiger partial charge in [-0.25, -0.2) is 0 Å². The molecule has 0 spiro atoms. The van der Waals surface area contributed by atoms with Crippen molar-refractivity contribution in [1.29, 1.82) is 0 Å². The highest BCUT2D eigenvalue weighted by molar-refractivity contribution is 7.25. The molecule has 0 radical (unpaired) electrons. The lowest BCUT2D eigenvalue weighted by Gasteiger charge is -2.28. The molecule has 0 aliphatic rings. The molecule has 0 aliphatic carbocycles. The standard InChI is InChI=1S/C48H31NS/c1-2-12-34-29-36(22-21-32(34)11-1)40-15-7-9-19-46(40)49(38-27-28-44-43-18-8-10-20-47(43)50-48(44)31-38)37-25-23-33(24-26-37)45-30-35-13-3-4-14-39(35)41-16-5-6-17-42(41)45/h1-31H. The molecule has 10 rings (SSSR count). The summed E-state index contributed by atoms with van der Waals surface area (Å²) in [5, 5.41) is 10.2. The van der Waals surface area contributed by atoms with E-state index in [1.165, 1.54) is 74.7 Å². The Hall–Kier alpha value is -6.22. The fourth-order valence-corrected chi connectivity index (χ4v) is 8.77. The molecule has 0 N–H and O–H groups in total. The van der Waals surface area contributed by atoms with Gasteiger partial charge in [-0.15, -0.1) is 11.3 Å². The Bertz CT molecular complexity index is 2880. The van der Waals surface area contributed by atoms with E-state index < -0.39 is 0 Å². The number of nitrogens with zero attached hydrogens (tertiary/aromatic N) is 1. The normalized spacial score (nSPS) is 11.6. The number of thiophene rings is 1. The molecule has 0 bridgehead atoms. The van der Waals surface area contributed by atoms with E-state index >= 15 is 0 Å². The van der Waals surface area contributed by atoms with Crippen LogP contribution in [0.15, 0.2) is 188 Å². The van der Waals surface area contributed by atoms with Gasteiger partial charge >= 0.3 is 0 Å². The SMILES string of the molecule is c1ccc(N(c2ccc(-c3cc4ccccc4c4ccccc34)cc2)c2ccc3c(c2)sc2ccccc23)c(-c2ccc3ccccc3c2)c1. The lowest BCUT2D eigenvalue weighted by molar-refractivity contribution is 1.29. The summed E-state index contributed by atoms with van der Waals surface area (Å²) in [6, 6.07) is 68.8. The molecule has 0 unspecified atom stereocenters. The van der Waals surface area contributed by atoms with Gasteiger partial charge in [0.25, 0.3) is 0 Å². The Kier molecular flexibility index (Phi) is 6.75. The summed E-state index contributed by atoms with van der Waals surface area (Å²) in [5.41, 5.74) is 8.26. The quantitative estimate of drug-likeness (QED) is 0.167. The molecule has 0 saturated heterocycles. The van der Waals surface area contributed by atoms with Crippen molar-refractivity contribution >= 4 is 80.9 Å². The largest absolute Gasteiger partial charge is 0.310 e. The first-order chi connectivity index (χ1) is 24.8. The van der Waals surface area contributed by atoms with Crippen LogP contribution in [0, 0.1) is 0 Å². The van der Waals surface area contributed by atoms with E-state index in [1.54, 1.807) is 0 Å². The summed E-state index contributed by atoms with van der Waals surface area (Å²) in [6.45, 7) is 0. The van der Waals surface area contributed by atoms with E-state index in [0.717, 1.165) is 17.1 Å². The lowest BCUT2D eigenvalue weighted by Crippen LogP contribution is -2.11. The number of para-hydroxylation sites is 1. The average Bonchev–Trinajstić information content (AvgIpc) is 3.56. The van der Waals surface area contributed by atoms with Gasteiger partial charge in [-0.3, -0.25) is 0 Å². The van der Waals surface area contributed by atoms with Crippen LogP contribution in [0.4, 0.5) is 17.1 Å². The summed E-state index contributed by atoms with van der Waals surface area (Å²) in [5.74, 6) is 0. The van der Waals surface area contributed by atoms with Gasteiger partial charge < -0.3 is 4.90 Å². The first-order valence-corrected chi connectivity index (χ1v) is 17.9. The van der Waals surface area contributed by atoms with Crippen molar-refractivity contribution in [3.8, 4) is 22.3 Å². The van der Waals surface area contributed by atoms with Crippen LogP contribution in [0.5, 0.6) is 0 Å². The summed E-state index contributed by atoms with van der Waals surface area (Å²) < 4.78 is 2.60. The summed E-state index contributed by atoms with van der Waals surface area (Å²) in [6.07, 6.45) is 0. The Balaban J connectivity index is 1.16. The second kappa shape index (κ2) is 11.7. The predicted molar refractivity (Wildman–Crippen MR) is 217 cm³/mol. The highest BCUT2D eigenvalue weighted by Gasteiger charge is 2.19. The highest BCUT2D eigenvalue weighted by Crippen LogP contribution is 2.45. The molecule has 50 heavy (non-hydrogen) atoms. The summed E-state index contributed by atoms with van der Waals surface area (Å²) in [4.78, 5) is 2.43. The van der Waals surface area contributed by atoms with Gasteiger partial charge in [-0.1, -0.05) is 140 Å². The van der Waals surface area contributed by atoms with Crippen LogP contribution < -0.4 is 4.90 Å². The molecule has 0 fully saturated rings. The van der Waals surface area contributed by atoms with Crippen molar-refractivity contribution in [3.63, 3.8) is 0 Å². The molecule has 0 saturated carbocycles. The molecule has 10 aromatic rings. The van der Waals surface area contributed by atoms with E-state index in [0.29, 0.717) is 0 Å². The van der Waals surface area contributed by atoms with Crippen LogP contribution in [-0.2, 0) is 0 Å². The van der Waals surface area contributed by atoms with Gasteiger partial charge in [0, 0.05) is 37.1 Å². The topological polar surface area (TPSA) is 3.24 Å². The minimum atomic E-state index is 1.12. The second-order valence-electron chi connectivity index (χ2n) is 12.9. The number of hydrogen-bond acceptors (Lipinski definition) is 2. The second-order valence-corrected chi connectivity index (χ2v) is 14.0. The van der Waals surface area contributed by atoms with Crippen LogP contribution in [0.1, 0.15) is 0 Å². The molecule has 1 nitrogen and oxygen atoms in total. The molecular formula is C48H31NS. The Morgan fingerprint density at radius 1 is 0.320 bits per heavy atom. The molecule has 0 atom stereocenters.